The molecule has 1 aliphatic rings. The number of aromatic nitrogens is 3. The van der Waals surface area contributed by atoms with Gasteiger partial charge < -0.3 is 9.88 Å². The highest BCUT2D eigenvalue weighted by molar-refractivity contribution is 6.33. The van der Waals surface area contributed by atoms with Gasteiger partial charge in [-0.25, -0.2) is 4.39 Å². The first kappa shape index (κ1) is 17.7. The van der Waals surface area contributed by atoms with Crippen LogP contribution in [0.4, 0.5) is 4.39 Å². The molecule has 1 N–H and O–H groups in total. The number of hydrogen-bond donors (Lipinski definition) is 1. The van der Waals surface area contributed by atoms with Crippen LogP contribution < -0.4 is 5.32 Å². The Kier molecular flexibility index (Phi) is 4.23. The zero-order chi connectivity index (χ0) is 19.2. The molecule has 0 unspecified atom stereocenters. The van der Waals surface area contributed by atoms with E-state index < -0.39 is 0 Å². The summed E-state index contributed by atoms with van der Waals surface area (Å²) in [6, 6.07) is 11.7. The molecule has 138 valence electrons. The van der Waals surface area contributed by atoms with Crippen LogP contribution in [0.15, 0.2) is 42.5 Å². The van der Waals surface area contributed by atoms with E-state index in [0.717, 1.165) is 24.2 Å². The quantitative estimate of drug-likeness (QED) is 0.745. The lowest BCUT2D eigenvalue weighted by molar-refractivity contribution is 0.0963. The fraction of sp³-hybridized carbons (Fsp3) is 0.250. The molecular formula is C20H18ClFN4O. The summed E-state index contributed by atoms with van der Waals surface area (Å²) >= 11 is 6.41. The molecule has 1 saturated carbocycles. The topological polar surface area (TPSA) is 59.8 Å². The Morgan fingerprint density at radius 1 is 1.19 bits per heavy atom. The Labute approximate surface area is 161 Å². The third-order valence-corrected chi connectivity index (χ3v) is 5.46. The Balaban J connectivity index is 1.73. The first-order valence-corrected chi connectivity index (χ1v) is 9.02. The normalized spacial score (nSPS) is 14.8. The Morgan fingerprint density at radius 3 is 2.48 bits per heavy atom. The van der Waals surface area contributed by atoms with E-state index >= 15 is 0 Å². The van der Waals surface area contributed by atoms with Crippen molar-refractivity contribution in [1.29, 1.82) is 0 Å². The summed E-state index contributed by atoms with van der Waals surface area (Å²) in [5.41, 5.74) is 1.99. The fourth-order valence-electron chi connectivity index (χ4n) is 3.50. The highest BCUT2D eigenvalue weighted by Crippen LogP contribution is 2.53. The summed E-state index contributed by atoms with van der Waals surface area (Å²) < 4.78 is 15.2. The standard InChI is InChI=1S/C20H18ClFN4O/c1-23-18(27)12-3-8-15(16(21)11-12)17-24-25-19(26(17)2)20(9-10-20)13-4-6-14(22)7-5-13/h3-8,11H,9-10H2,1-2H3,(H,23,27). The second-order valence-corrected chi connectivity index (χ2v) is 7.18. The molecule has 1 heterocycles. The van der Waals surface area contributed by atoms with Crippen molar-refractivity contribution in [1.82, 2.24) is 20.1 Å². The van der Waals surface area contributed by atoms with Gasteiger partial charge in [-0.05, 0) is 48.7 Å². The van der Waals surface area contributed by atoms with Crippen molar-refractivity contribution in [3.05, 3.63) is 70.3 Å². The van der Waals surface area contributed by atoms with Crippen molar-refractivity contribution in [2.45, 2.75) is 18.3 Å². The average molecular weight is 385 g/mol. The molecule has 27 heavy (non-hydrogen) atoms. The molecule has 3 aromatic rings. The molecule has 1 aromatic heterocycles. The highest BCUT2D eigenvalue weighted by Gasteiger charge is 2.50. The number of rotatable bonds is 4. The summed E-state index contributed by atoms with van der Waals surface area (Å²) in [6.45, 7) is 0. The van der Waals surface area contributed by atoms with Crippen LogP contribution in [0.2, 0.25) is 5.02 Å². The van der Waals surface area contributed by atoms with Crippen molar-refractivity contribution in [2.75, 3.05) is 7.05 Å². The number of benzene rings is 2. The van der Waals surface area contributed by atoms with E-state index in [1.807, 2.05) is 23.7 Å². The van der Waals surface area contributed by atoms with Crippen LogP contribution in [-0.4, -0.2) is 27.7 Å². The van der Waals surface area contributed by atoms with E-state index in [1.54, 1.807) is 25.2 Å². The third kappa shape index (κ3) is 2.90. The van der Waals surface area contributed by atoms with Gasteiger partial charge in [0.2, 0.25) is 0 Å². The Hall–Kier alpha value is -2.73. The third-order valence-electron chi connectivity index (χ3n) is 5.15. The summed E-state index contributed by atoms with van der Waals surface area (Å²) in [5, 5.41) is 11.8. The van der Waals surface area contributed by atoms with Gasteiger partial charge in [0, 0.05) is 25.2 Å². The van der Waals surface area contributed by atoms with E-state index in [4.69, 9.17) is 11.6 Å². The molecule has 5 nitrogen and oxygen atoms in total. The molecule has 0 aliphatic heterocycles. The minimum atomic E-state index is -0.254. The molecule has 0 radical (unpaired) electrons. The van der Waals surface area contributed by atoms with E-state index in [0.29, 0.717) is 22.0 Å². The number of hydrogen-bond acceptors (Lipinski definition) is 3. The molecule has 1 aliphatic carbocycles. The van der Waals surface area contributed by atoms with E-state index in [9.17, 15) is 9.18 Å². The van der Waals surface area contributed by atoms with Gasteiger partial charge in [0.1, 0.15) is 11.6 Å². The molecular weight excluding hydrogens is 367 g/mol. The van der Waals surface area contributed by atoms with E-state index in [2.05, 4.69) is 15.5 Å². The minimum Gasteiger partial charge on any atom is -0.355 e. The number of amides is 1. The van der Waals surface area contributed by atoms with Crippen molar-refractivity contribution in [2.24, 2.45) is 7.05 Å². The Morgan fingerprint density at radius 2 is 1.89 bits per heavy atom. The number of carbonyl (C=O) groups is 1. The van der Waals surface area contributed by atoms with Crippen molar-refractivity contribution < 1.29 is 9.18 Å². The number of halogens is 2. The molecule has 0 bridgehead atoms. The maximum Gasteiger partial charge on any atom is 0.251 e. The van der Waals surface area contributed by atoms with Crippen LogP contribution in [0.1, 0.15) is 34.6 Å². The predicted octanol–water partition coefficient (Wildman–Crippen LogP) is 3.71. The second kappa shape index (κ2) is 6.46. The molecule has 7 heteroatoms. The van der Waals surface area contributed by atoms with E-state index in [-0.39, 0.29) is 17.1 Å². The molecule has 4 rings (SSSR count). The fourth-order valence-corrected chi connectivity index (χ4v) is 3.76. The largest absolute Gasteiger partial charge is 0.355 e. The zero-order valence-corrected chi connectivity index (χ0v) is 15.7. The maximum atomic E-state index is 13.3. The van der Waals surface area contributed by atoms with Gasteiger partial charge in [-0.3, -0.25) is 4.79 Å². The molecule has 2 aromatic carbocycles. The first-order chi connectivity index (χ1) is 13.0. The van der Waals surface area contributed by atoms with Gasteiger partial charge in [-0.1, -0.05) is 23.7 Å². The maximum absolute atomic E-state index is 13.3. The average Bonchev–Trinajstić information content (AvgIpc) is 3.38. The van der Waals surface area contributed by atoms with Crippen LogP contribution in [0, 0.1) is 5.82 Å². The van der Waals surface area contributed by atoms with Crippen molar-refractivity contribution >= 4 is 17.5 Å². The molecule has 0 saturated heterocycles. The second-order valence-electron chi connectivity index (χ2n) is 6.77. The van der Waals surface area contributed by atoms with Crippen molar-refractivity contribution in [3.8, 4) is 11.4 Å². The van der Waals surface area contributed by atoms with Gasteiger partial charge in [0.15, 0.2) is 5.82 Å². The SMILES string of the molecule is CNC(=O)c1ccc(-c2nnc(C3(c4ccc(F)cc4)CC3)n2C)c(Cl)c1. The van der Waals surface area contributed by atoms with Crippen LogP contribution in [0.25, 0.3) is 11.4 Å². The lowest BCUT2D eigenvalue weighted by Crippen LogP contribution is -2.17. The summed E-state index contributed by atoms with van der Waals surface area (Å²) in [4.78, 5) is 11.8. The molecule has 0 atom stereocenters. The lowest BCUT2D eigenvalue weighted by atomic mass is 9.95. The van der Waals surface area contributed by atoms with Gasteiger partial charge in [0.25, 0.3) is 5.91 Å². The first-order valence-electron chi connectivity index (χ1n) is 8.64. The monoisotopic (exact) mass is 384 g/mol. The summed E-state index contributed by atoms with van der Waals surface area (Å²) in [5.74, 6) is 1.01. The minimum absolute atomic E-state index is 0.199. The Bertz CT molecular complexity index is 1020. The van der Waals surface area contributed by atoms with Gasteiger partial charge in [-0.15, -0.1) is 10.2 Å². The van der Waals surface area contributed by atoms with Crippen LogP contribution in [-0.2, 0) is 12.5 Å². The smallest absolute Gasteiger partial charge is 0.251 e. The van der Waals surface area contributed by atoms with Gasteiger partial charge in [0.05, 0.1) is 10.4 Å². The van der Waals surface area contributed by atoms with Crippen LogP contribution in [0.5, 0.6) is 0 Å². The molecule has 0 spiro atoms. The number of carbonyl (C=O) groups excluding carboxylic acids is 1. The van der Waals surface area contributed by atoms with Crippen LogP contribution >= 0.6 is 11.6 Å². The van der Waals surface area contributed by atoms with Gasteiger partial charge in [-0.2, -0.15) is 0 Å². The predicted molar refractivity (Wildman–Crippen MR) is 101 cm³/mol. The number of nitrogens with zero attached hydrogens (tertiary/aromatic N) is 3. The van der Waals surface area contributed by atoms with Crippen LogP contribution in [0.3, 0.4) is 0 Å². The zero-order valence-electron chi connectivity index (χ0n) is 15.0. The highest BCUT2D eigenvalue weighted by atomic mass is 35.5. The lowest BCUT2D eigenvalue weighted by Gasteiger charge is -2.15. The van der Waals surface area contributed by atoms with E-state index in [1.165, 1.54) is 12.1 Å². The summed E-state index contributed by atoms with van der Waals surface area (Å²) in [6.07, 6.45) is 1.88. The summed E-state index contributed by atoms with van der Waals surface area (Å²) in [7, 11) is 3.47. The number of nitrogens with one attached hydrogen (secondary N) is 1. The van der Waals surface area contributed by atoms with Gasteiger partial charge >= 0.3 is 0 Å². The molecule has 1 amide bonds. The van der Waals surface area contributed by atoms with Crippen molar-refractivity contribution in [3.63, 3.8) is 0 Å². The molecule has 1 fully saturated rings.